The topological polar surface area (TPSA) is 84.2 Å². The summed E-state index contributed by atoms with van der Waals surface area (Å²) < 4.78 is 26.5. The molecule has 1 atom stereocenters. The average molecular weight is 492 g/mol. The van der Waals surface area contributed by atoms with E-state index in [-0.39, 0.29) is 30.7 Å². The Bertz CT molecular complexity index is 819. The molecule has 1 rings (SSSR count). The summed E-state index contributed by atoms with van der Waals surface area (Å²) in [6.45, 7) is 7.65. The summed E-state index contributed by atoms with van der Waals surface area (Å²) in [7, 11) is 0. The van der Waals surface area contributed by atoms with Crippen molar-refractivity contribution in [1.29, 1.82) is 0 Å². The van der Waals surface area contributed by atoms with Crippen LogP contribution in [0.25, 0.3) is 0 Å². The van der Waals surface area contributed by atoms with E-state index in [1.165, 1.54) is 11.6 Å². The largest absolute Gasteiger partial charge is 0.356 e. The number of alkyl halides is 2. The molecule has 196 valence electrons. The van der Waals surface area contributed by atoms with E-state index in [9.17, 15) is 18.4 Å². The highest BCUT2D eigenvalue weighted by Crippen LogP contribution is 2.21. The third kappa shape index (κ3) is 13.8. The second-order valence-corrected chi connectivity index (χ2v) is 9.13. The molecule has 1 aromatic carbocycles. The smallest absolute Gasteiger partial charge is 0.247 e. The number of halogens is 2. The van der Waals surface area contributed by atoms with Gasteiger partial charge in [-0.15, -0.1) is 0 Å². The lowest BCUT2D eigenvalue weighted by molar-refractivity contribution is -0.121. The number of unbranched alkanes of at least 4 members (excludes halogenated alkanes) is 1. The van der Waals surface area contributed by atoms with Gasteiger partial charge in [0.2, 0.25) is 17.7 Å². The molecule has 4 N–H and O–H groups in total. The van der Waals surface area contributed by atoms with Crippen LogP contribution in [0.3, 0.4) is 0 Å². The molecule has 0 spiro atoms. The molecule has 0 fully saturated rings. The molecule has 0 heterocycles. The Morgan fingerprint density at radius 2 is 1.83 bits per heavy atom. The van der Waals surface area contributed by atoms with Gasteiger partial charge >= 0.3 is 0 Å². The highest BCUT2D eigenvalue weighted by atomic mass is 19.3. The van der Waals surface area contributed by atoms with E-state index in [2.05, 4.69) is 23.3 Å². The highest BCUT2D eigenvalue weighted by Gasteiger charge is 2.24. The molecule has 1 unspecified atom stereocenters. The van der Waals surface area contributed by atoms with E-state index in [1.807, 2.05) is 25.1 Å². The second-order valence-electron chi connectivity index (χ2n) is 9.13. The number of benzene rings is 1. The maximum Gasteiger partial charge on any atom is 0.247 e. The Hall–Kier alpha value is -2.54. The van der Waals surface area contributed by atoms with Crippen molar-refractivity contribution in [2.75, 3.05) is 6.54 Å². The predicted octanol–water partition coefficient (Wildman–Crippen LogP) is 5.59. The second kappa shape index (κ2) is 17.0. The first-order chi connectivity index (χ1) is 16.7. The number of allylic oxidation sites excluding steroid dienone is 2. The van der Waals surface area contributed by atoms with Crippen molar-refractivity contribution in [2.45, 2.75) is 96.6 Å². The van der Waals surface area contributed by atoms with E-state index >= 15 is 0 Å². The van der Waals surface area contributed by atoms with Gasteiger partial charge in [0.05, 0.1) is 0 Å². The highest BCUT2D eigenvalue weighted by molar-refractivity contribution is 5.94. The fourth-order valence-electron chi connectivity index (χ4n) is 3.95. The van der Waals surface area contributed by atoms with E-state index in [1.54, 1.807) is 6.08 Å². The molecular weight excluding hydrogens is 448 g/mol. The summed E-state index contributed by atoms with van der Waals surface area (Å²) in [5, 5.41) is 5.82. The lowest BCUT2D eigenvalue weighted by Crippen LogP contribution is -2.36. The molecule has 7 heteroatoms. The minimum absolute atomic E-state index is 0.0419. The Kier molecular flexibility index (Phi) is 14.8. The zero-order chi connectivity index (χ0) is 26.1. The van der Waals surface area contributed by atoms with Crippen LogP contribution in [0.1, 0.15) is 82.8 Å². The molecular formula is C28H43F2N3O2. The van der Waals surface area contributed by atoms with E-state index in [4.69, 9.17) is 5.73 Å². The summed E-state index contributed by atoms with van der Waals surface area (Å²) in [5.74, 6) is -3.07. The Morgan fingerprint density at radius 1 is 1.11 bits per heavy atom. The van der Waals surface area contributed by atoms with Crippen molar-refractivity contribution < 1.29 is 18.4 Å². The molecule has 0 aliphatic heterocycles. The molecule has 0 aliphatic carbocycles. The number of aryl methyl sites for hydroxylation is 1. The minimum Gasteiger partial charge on any atom is -0.356 e. The van der Waals surface area contributed by atoms with Gasteiger partial charge in [0, 0.05) is 37.5 Å². The van der Waals surface area contributed by atoms with Gasteiger partial charge in [0.1, 0.15) is 0 Å². The maximum absolute atomic E-state index is 13.2. The first kappa shape index (κ1) is 30.5. The summed E-state index contributed by atoms with van der Waals surface area (Å²) in [5.41, 5.74) is 8.70. The quantitative estimate of drug-likeness (QED) is 0.142. The van der Waals surface area contributed by atoms with Crippen LogP contribution in [0, 0.1) is 0 Å². The fraction of sp³-hybridized carbons (Fsp3) is 0.571. The van der Waals surface area contributed by atoms with Crippen LogP contribution in [0.4, 0.5) is 8.78 Å². The van der Waals surface area contributed by atoms with Crippen molar-refractivity contribution in [2.24, 2.45) is 5.73 Å². The monoisotopic (exact) mass is 491 g/mol. The maximum atomic E-state index is 13.2. The molecule has 2 amide bonds. The lowest BCUT2D eigenvalue weighted by Gasteiger charge is -2.21. The van der Waals surface area contributed by atoms with Crippen molar-refractivity contribution in [3.63, 3.8) is 0 Å². The molecule has 1 aromatic rings. The first-order valence-corrected chi connectivity index (χ1v) is 12.7. The first-order valence-electron chi connectivity index (χ1n) is 12.7. The van der Waals surface area contributed by atoms with Crippen LogP contribution in [0.5, 0.6) is 0 Å². The summed E-state index contributed by atoms with van der Waals surface area (Å²) in [6, 6.07) is 7.84. The lowest BCUT2D eigenvalue weighted by atomic mass is 10.0. The molecule has 35 heavy (non-hydrogen) atoms. The van der Waals surface area contributed by atoms with Crippen molar-refractivity contribution in [1.82, 2.24) is 10.6 Å². The van der Waals surface area contributed by atoms with Gasteiger partial charge in [-0.05, 0) is 63.0 Å². The Morgan fingerprint density at radius 3 is 2.46 bits per heavy atom. The number of amides is 2. The van der Waals surface area contributed by atoms with Gasteiger partial charge in [-0.3, -0.25) is 9.59 Å². The van der Waals surface area contributed by atoms with Gasteiger partial charge in [-0.2, -0.15) is 0 Å². The number of nitrogens with one attached hydrogen (secondary N) is 2. The molecule has 5 nitrogen and oxygen atoms in total. The zero-order valence-electron chi connectivity index (χ0n) is 21.4. The van der Waals surface area contributed by atoms with Gasteiger partial charge < -0.3 is 16.4 Å². The number of carbonyl (C=O) groups is 2. The Labute approximate surface area is 209 Å². The van der Waals surface area contributed by atoms with Crippen LogP contribution >= 0.6 is 0 Å². The van der Waals surface area contributed by atoms with Gasteiger partial charge in [-0.1, -0.05) is 56.3 Å². The van der Waals surface area contributed by atoms with Crippen molar-refractivity contribution in [3.05, 3.63) is 59.7 Å². The van der Waals surface area contributed by atoms with Crippen LogP contribution in [0.2, 0.25) is 0 Å². The van der Waals surface area contributed by atoms with E-state index in [0.29, 0.717) is 44.3 Å². The van der Waals surface area contributed by atoms with Gasteiger partial charge in [0.25, 0.3) is 0 Å². The number of hydrogen-bond acceptors (Lipinski definition) is 3. The average Bonchev–Trinajstić information content (AvgIpc) is 2.81. The normalized spacial score (nSPS) is 12.8. The predicted molar refractivity (Wildman–Crippen MR) is 139 cm³/mol. The van der Waals surface area contributed by atoms with Crippen molar-refractivity contribution >= 4 is 11.8 Å². The van der Waals surface area contributed by atoms with E-state index in [0.717, 1.165) is 38.2 Å². The van der Waals surface area contributed by atoms with Crippen LogP contribution in [-0.2, 0) is 22.6 Å². The summed E-state index contributed by atoms with van der Waals surface area (Å²) in [4.78, 5) is 24.9. The van der Waals surface area contributed by atoms with Gasteiger partial charge in [-0.25, -0.2) is 8.78 Å². The van der Waals surface area contributed by atoms with Crippen molar-refractivity contribution in [3.8, 4) is 0 Å². The molecule has 0 saturated carbocycles. The standard InChI is InChI=1S/C28H43F2N3O2/c1-4-11-23(27(35)33-25(12-5-2)18-19-28(3,29)30)16-10-17-26(34)32-20-9-8-14-22-13-6-7-15-24(22)21-31/h4,6-7,11,13,15,25H,1,5,8-10,12,14,16-21,31H2,2-3H3,(H,32,34)(H,33,35)/b23-11+. The fourth-order valence-corrected chi connectivity index (χ4v) is 3.95. The summed E-state index contributed by atoms with van der Waals surface area (Å²) in [6.07, 6.45) is 8.60. The number of nitrogens with two attached hydrogens (primary N) is 1. The van der Waals surface area contributed by atoms with Crippen LogP contribution in [0.15, 0.2) is 48.6 Å². The molecule has 0 radical (unpaired) electrons. The van der Waals surface area contributed by atoms with Crippen LogP contribution < -0.4 is 16.4 Å². The third-order valence-electron chi connectivity index (χ3n) is 5.90. The number of hydrogen-bond donors (Lipinski definition) is 3. The minimum atomic E-state index is -2.75. The molecule has 0 saturated heterocycles. The molecule has 0 bridgehead atoms. The number of rotatable bonds is 18. The molecule has 0 aromatic heterocycles. The van der Waals surface area contributed by atoms with E-state index < -0.39 is 5.92 Å². The van der Waals surface area contributed by atoms with Crippen LogP contribution in [-0.4, -0.2) is 30.3 Å². The molecule has 0 aliphatic rings. The zero-order valence-corrected chi connectivity index (χ0v) is 21.4. The van der Waals surface area contributed by atoms with Gasteiger partial charge in [0.15, 0.2) is 0 Å². The summed E-state index contributed by atoms with van der Waals surface area (Å²) >= 11 is 0. The number of carbonyl (C=O) groups excluding carboxylic acids is 2. The third-order valence-corrected chi connectivity index (χ3v) is 5.90. The Balaban J connectivity index is 2.37. The SMILES string of the molecule is C=C/C=C(\CCCC(=O)NCCCCc1ccccc1CN)C(=O)NC(CCC)CCC(C)(F)F.